The van der Waals surface area contributed by atoms with E-state index in [1.807, 2.05) is 0 Å². The molecule has 1 heterocycles. The Balaban J connectivity index is 1.19. The van der Waals surface area contributed by atoms with Crippen LogP contribution in [0.3, 0.4) is 0 Å². The molecule has 0 radical (unpaired) electrons. The first-order valence-corrected chi connectivity index (χ1v) is 21.1. The Hall–Kier alpha value is -7.16. The van der Waals surface area contributed by atoms with Gasteiger partial charge in [0.2, 0.25) is 0 Å². The van der Waals surface area contributed by atoms with Gasteiger partial charge in [0.05, 0.1) is 22.4 Å². The molecule has 0 N–H and O–H groups in total. The number of aromatic nitrogens is 1. The summed E-state index contributed by atoms with van der Waals surface area (Å²) in [5.41, 5.74) is 20.9. The van der Waals surface area contributed by atoms with Crippen LogP contribution in [0.2, 0.25) is 0 Å². The lowest BCUT2D eigenvalue weighted by Gasteiger charge is -2.34. The van der Waals surface area contributed by atoms with Crippen LogP contribution < -0.4 is 4.90 Å². The molecule has 1 aliphatic carbocycles. The molecule has 1 aromatic heterocycles. The maximum atomic E-state index is 2.57. The van der Waals surface area contributed by atoms with Gasteiger partial charge in [0.25, 0.3) is 0 Å². The Bertz CT molecular complexity index is 3250. The molecule has 2 heteroatoms. The number of hydrogen-bond acceptors (Lipinski definition) is 1. The summed E-state index contributed by atoms with van der Waals surface area (Å²) in [5.74, 6) is 0. The van der Waals surface area contributed by atoms with Crippen molar-refractivity contribution in [1.29, 1.82) is 0 Å². The lowest BCUT2D eigenvalue weighted by atomic mass is 9.82. The van der Waals surface area contributed by atoms with E-state index >= 15 is 0 Å². The number of aryl methyl sites for hydroxylation is 3. The van der Waals surface area contributed by atoms with Gasteiger partial charge in [0.15, 0.2) is 0 Å². The summed E-state index contributed by atoms with van der Waals surface area (Å²) in [6, 6.07) is 69.7. The van der Waals surface area contributed by atoms with E-state index in [9.17, 15) is 0 Å². The fourth-order valence-corrected chi connectivity index (χ4v) is 10.4. The van der Waals surface area contributed by atoms with Gasteiger partial charge >= 0.3 is 0 Å². The van der Waals surface area contributed by atoms with Gasteiger partial charge < -0.3 is 9.47 Å². The Morgan fingerprint density at radius 2 is 0.967 bits per heavy atom. The number of benzene rings is 9. The first-order chi connectivity index (χ1) is 29.3. The maximum absolute atomic E-state index is 2.57. The van der Waals surface area contributed by atoms with Gasteiger partial charge in [0, 0.05) is 33.1 Å². The van der Waals surface area contributed by atoms with E-state index in [0.717, 1.165) is 5.69 Å². The highest BCUT2D eigenvalue weighted by molar-refractivity contribution is 6.09. The second-order valence-electron chi connectivity index (χ2n) is 17.1. The average Bonchev–Trinajstić information content (AvgIpc) is 3.73. The Morgan fingerprint density at radius 3 is 1.70 bits per heavy atom. The van der Waals surface area contributed by atoms with Crippen molar-refractivity contribution in [3.63, 3.8) is 0 Å². The highest BCUT2D eigenvalue weighted by atomic mass is 15.2. The molecular weight excluding hydrogens is 725 g/mol. The molecule has 0 spiro atoms. The van der Waals surface area contributed by atoms with Crippen molar-refractivity contribution >= 4 is 49.6 Å². The van der Waals surface area contributed by atoms with E-state index in [-0.39, 0.29) is 5.41 Å². The third kappa shape index (κ3) is 5.48. The topological polar surface area (TPSA) is 8.17 Å². The molecule has 0 saturated heterocycles. The Labute approximate surface area is 352 Å². The Kier molecular flexibility index (Phi) is 8.22. The molecule has 288 valence electrons. The van der Waals surface area contributed by atoms with E-state index < -0.39 is 0 Å². The molecule has 0 amide bonds. The quantitative estimate of drug-likeness (QED) is 0.163. The molecule has 0 fully saturated rings. The minimum atomic E-state index is -0.145. The first kappa shape index (κ1) is 36.0. The second kappa shape index (κ2) is 13.7. The molecule has 0 saturated carbocycles. The van der Waals surface area contributed by atoms with Crippen molar-refractivity contribution in [2.75, 3.05) is 4.90 Å². The number of fused-ring (bicyclic) bond motifs is 7. The monoisotopic (exact) mass is 770 g/mol. The smallest absolute Gasteiger partial charge is 0.0569 e. The average molecular weight is 771 g/mol. The normalized spacial score (nSPS) is 12.9. The predicted molar refractivity (Wildman–Crippen MR) is 256 cm³/mol. The van der Waals surface area contributed by atoms with Crippen molar-refractivity contribution in [2.24, 2.45) is 0 Å². The number of anilines is 3. The third-order valence-corrected chi connectivity index (χ3v) is 13.1. The van der Waals surface area contributed by atoms with E-state index in [4.69, 9.17) is 0 Å². The summed E-state index contributed by atoms with van der Waals surface area (Å²) in [7, 11) is 0. The number of rotatable bonds is 6. The van der Waals surface area contributed by atoms with Gasteiger partial charge in [-0.3, -0.25) is 0 Å². The molecule has 10 aromatic rings. The summed E-state index contributed by atoms with van der Waals surface area (Å²) in [6.45, 7) is 11.6. The van der Waals surface area contributed by atoms with E-state index in [1.165, 1.54) is 111 Å². The highest BCUT2D eigenvalue weighted by Gasteiger charge is 2.36. The molecule has 9 aromatic carbocycles. The van der Waals surface area contributed by atoms with Crippen LogP contribution in [-0.4, -0.2) is 4.57 Å². The molecule has 1 aliphatic rings. The minimum Gasteiger partial charge on any atom is -0.309 e. The summed E-state index contributed by atoms with van der Waals surface area (Å²) >= 11 is 0. The van der Waals surface area contributed by atoms with Crippen molar-refractivity contribution in [3.05, 3.63) is 216 Å². The Morgan fingerprint density at radius 1 is 0.400 bits per heavy atom. The standard InChI is InChI=1S/C58H46N2/c1-37-32-42(46-26-17-21-40-20-9-10-22-45(40)46)35-51(41-18-7-6-8-19-41)57(37)60(43-30-31-48-47-23-11-14-27-52(47)58(4,5)53(48)36-43)56-38(2)33-44(34-39(56)3)59-54-28-15-12-24-49(54)50-25-13-16-29-55(50)59/h6-36H,1-5H3. The van der Waals surface area contributed by atoms with Gasteiger partial charge in [-0.2, -0.15) is 0 Å². The predicted octanol–water partition coefficient (Wildman–Crippen LogP) is 16.0. The van der Waals surface area contributed by atoms with Crippen LogP contribution in [0.25, 0.3) is 71.6 Å². The van der Waals surface area contributed by atoms with Crippen molar-refractivity contribution in [3.8, 4) is 39.1 Å². The van der Waals surface area contributed by atoms with Crippen LogP contribution in [0, 0.1) is 20.8 Å². The van der Waals surface area contributed by atoms with Gasteiger partial charge in [0.1, 0.15) is 0 Å². The van der Waals surface area contributed by atoms with E-state index in [1.54, 1.807) is 0 Å². The lowest BCUT2D eigenvalue weighted by molar-refractivity contribution is 0.660. The van der Waals surface area contributed by atoms with Crippen LogP contribution in [-0.2, 0) is 5.41 Å². The van der Waals surface area contributed by atoms with Gasteiger partial charge in [-0.1, -0.05) is 153 Å². The van der Waals surface area contributed by atoms with Gasteiger partial charge in [-0.05, 0) is 136 Å². The molecule has 0 bridgehead atoms. The second-order valence-corrected chi connectivity index (χ2v) is 17.1. The van der Waals surface area contributed by atoms with Crippen molar-refractivity contribution < 1.29 is 0 Å². The molecule has 0 unspecified atom stereocenters. The van der Waals surface area contributed by atoms with Crippen molar-refractivity contribution in [2.45, 2.75) is 40.0 Å². The number of hydrogen-bond donors (Lipinski definition) is 0. The fraction of sp³-hybridized carbons (Fsp3) is 0.103. The summed E-state index contributed by atoms with van der Waals surface area (Å²) < 4.78 is 2.44. The zero-order valence-electron chi connectivity index (χ0n) is 34.8. The molecule has 60 heavy (non-hydrogen) atoms. The SMILES string of the molecule is Cc1cc(-n2c3ccccc3c3ccccc32)cc(C)c1N(c1ccc2c(c1)C(C)(C)c1ccccc1-2)c1c(C)cc(-c2cccc3ccccc23)cc1-c1ccccc1. The molecule has 0 atom stereocenters. The summed E-state index contributed by atoms with van der Waals surface area (Å²) in [6.07, 6.45) is 0. The molecular formula is C58H46N2. The van der Waals surface area contributed by atoms with Crippen LogP contribution in [0.4, 0.5) is 17.1 Å². The van der Waals surface area contributed by atoms with Crippen LogP contribution >= 0.6 is 0 Å². The van der Waals surface area contributed by atoms with Crippen LogP contribution in [0.15, 0.2) is 188 Å². The summed E-state index contributed by atoms with van der Waals surface area (Å²) in [5, 5.41) is 5.04. The van der Waals surface area contributed by atoms with Gasteiger partial charge in [-0.15, -0.1) is 0 Å². The minimum absolute atomic E-state index is 0.145. The molecule has 2 nitrogen and oxygen atoms in total. The summed E-state index contributed by atoms with van der Waals surface area (Å²) in [4.78, 5) is 2.57. The van der Waals surface area contributed by atoms with Crippen LogP contribution in [0.5, 0.6) is 0 Å². The van der Waals surface area contributed by atoms with E-state index in [2.05, 4.69) is 232 Å². The first-order valence-electron chi connectivity index (χ1n) is 21.1. The highest BCUT2D eigenvalue weighted by Crippen LogP contribution is 2.53. The zero-order chi connectivity index (χ0) is 40.7. The largest absolute Gasteiger partial charge is 0.309 e. The third-order valence-electron chi connectivity index (χ3n) is 13.1. The van der Waals surface area contributed by atoms with Crippen LogP contribution in [0.1, 0.15) is 41.7 Å². The molecule has 0 aliphatic heterocycles. The van der Waals surface area contributed by atoms with E-state index in [0.29, 0.717) is 0 Å². The van der Waals surface area contributed by atoms with Crippen molar-refractivity contribution in [1.82, 2.24) is 4.57 Å². The zero-order valence-corrected chi connectivity index (χ0v) is 34.8. The van der Waals surface area contributed by atoms with Gasteiger partial charge in [-0.25, -0.2) is 0 Å². The maximum Gasteiger partial charge on any atom is 0.0569 e. The lowest BCUT2D eigenvalue weighted by Crippen LogP contribution is -2.18. The fourth-order valence-electron chi connectivity index (χ4n) is 10.4. The number of nitrogens with zero attached hydrogens (tertiary/aromatic N) is 2. The molecule has 11 rings (SSSR count). The number of para-hydroxylation sites is 2.